The first-order chi connectivity index (χ1) is 18.9. The summed E-state index contributed by atoms with van der Waals surface area (Å²) in [5.41, 5.74) is -0.0730. The Balaban J connectivity index is 1.46. The first-order valence-electron chi connectivity index (χ1n) is 11.5. The van der Waals surface area contributed by atoms with E-state index in [4.69, 9.17) is 11.6 Å². The van der Waals surface area contributed by atoms with Gasteiger partial charge < -0.3 is 10.6 Å². The number of pyridine rings is 1. The number of anilines is 1. The molecular formula is C27H18ClF2N7O2. The molecule has 0 saturated heterocycles. The van der Waals surface area contributed by atoms with Gasteiger partial charge in [-0.3, -0.25) is 14.6 Å². The van der Waals surface area contributed by atoms with Crippen LogP contribution < -0.4 is 10.6 Å². The lowest BCUT2D eigenvalue weighted by molar-refractivity contribution is 0.0943. The lowest BCUT2D eigenvalue weighted by atomic mass is 10.1. The molecule has 0 unspecified atom stereocenters. The minimum absolute atomic E-state index is 0.00605. The number of amides is 2. The average molecular weight is 546 g/mol. The number of hydrogen-bond donors (Lipinski definition) is 2. The van der Waals surface area contributed by atoms with Crippen LogP contribution in [0.25, 0.3) is 16.9 Å². The third-order valence-corrected chi connectivity index (χ3v) is 5.84. The average Bonchev–Trinajstić information content (AvgIpc) is 3.37. The zero-order chi connectivity index (χ0) is 27.4. The SMILES string of the molecule is O=C(NCc1ncccn1)c1cc(NC(=O)c2cc(-c3ncccc3F)c(F)cc2Cl)n(-c2ccccc2)n1. The van der Waals surface area contributed by atoms with Crippen LogP contribution in [0.15, 0.2) is 85.3 Å². The molecule has 2 amide bonds. The largest absolute Gasteiger partial charge is 0.343 e. The quantitative estimate of drug-likeness (QED) is 0.302. The van der Waals surface area contributed by atoms with Gasteiger partial charge in [0.1, 0.15) is 29.0 Å². The van der Waals surface area contributed by atoms with Gasteiger partial charge in [0.25, 0.3) is 11.8 Å². The van der Waals surface area contributed by atoms with E-state index >= 15 is 0 Å². The summed E-state index contributed by atoms with van der Waals surface area (Å²) in [5.74, 6) is -2.32. The van der Waals surface area contributed by atoms with Crippen LogP contribution in [0.1, 0.15) is 26.7 Å². The predicted octanol–water partition coefficient (Wildman–Crippen LogP) is 4.84. The molecule has 5 rings (SSSR count). The Labute approximate surface area is 225 Å². The molecule has 0 saturated carbocycles. The van der Waals surface area contributed by atoms with E-state index in [0.717, 1.165) is 18.2 Å². The summed E-state index contributed by atoms with van der Waals surface area (Å²) < 4.78 is 30.3. The Hall–Kier alpha value is -5.03. The zero-order valence-corrected chi connectivity index (χ0v) is 20.7. The van der Waals surface area contributed by atoms with Crippen molar-refractivity contribution in [2.24, 2.45) is 0 Å². The Bertz CT molecular complexity index is 1660. The Morgan fingerprint density at radius 1 is 0.846 bits per heavy atom. The van der Waals surface area contributed by atoms with Gasteiger partial charge in [-0.2, -0.15) is 5.10 Å². The highest BCUT2D eigenvalue weighted by molar-refractivity contribution is 6.34. The monoisotopic (exact) mass is 545 g/mol. The Morgan fingerprint density at radius 3 is 2.33 bits per heavy atom. The van der Waals surface area contributed by atoms with Gasteiger partial charge in [0.2, 0.25) is 0 Å². The summed E-state index contributed by atoms with van der Waals surface area (Å²) in [6, 6.07) is 16.4. The smallest absolute Gasteiger partial charge is 0.272 e. The molecule has 0 atom stereocenters. The lowest BCUT2D eigenvalue weighted by Gasteiger charge is -2.11. The van der Waals surface area contributed by atoms with Crippen molar-refractivity contribution in [1.82, 2.24) is 30.0 Å². The van der Waals surface area contributed by atoms with Crippen molar-refractivity contribution >= 4 is 29.2 Å². The van der Waals surface area contributed by atoms with Gasteiger partial charge in [0.05, 0.1) is 22.8 Å². The summed E-state index contributed by atoms with van der Waals surface area (Å²) in [7, 11) is 0. The van der Waals surface area contributed by atoms with Gasteiger partial charge in [-0.1, -0.05) is 29.8 Å². The highest BCUT2D eigenvalue weighted by Gasteiger charge is 2.22. The van der Waals surface area contributed by atoms with E-state index in [9.17, 15) is 18.4 Å². The van der Waals surface area contributed by atoms with Crippen molar-refractivity contribution < 1.29 is 18.4 Å². The first kappa shape index (κ1) is 25.6. The molecule has 9 nitrogen and oxygen atoms in total. The number of nitrogens with one attached hydrogen (secondary N) is 2. The van der Waals surface area contributed by atoms with E-state index in [1.807, 2.05) is 0 Å². The normalized spacial score (nSPS) is 10.7. The third kappa shape index (κ3) is 5.63. The topological polar surface area (TPSA) is 115 Å². The molecule has 12 heteroatoms. The highest BCUT2D eigenvalue weighted by Crippen LogP contribution is 2.30. The summed E-state index contributed by atoms with van der Waals surface area (Å²) >= 11 is 6.19. The van der Waals surface area contributed by atoms with Gasteiger partial charge in [-0.25, -0.2) is 23.4 Å². The van der Waals surface area contributed by atoms with Gasteiger partial charge in [-0.05, 0) is 42.5 Å². The molecule has 0 spiro atoms. The number of nitrogens with zero attached hydrogens (tertiary/aromatic N) is 5. The molecule has 0 aliphatic heterocycles. The van der Waals surface area contributed by atoms with Crippen LogP contribution in [0.4, 0.5) is 14.6 Å². The van der Waals surface area contributed by atoms with Crippen LogP contribution in [0, 0.1) is 11.6 Å². The number of aromatic nitrogens is 5. The van der Waals surface area contributed by atoms with E-state index in [2.05, 4.69) is 30.7 Å². The Morgan fingerprint density at radius 2 is 1.59 bits per heavy atom. The molecule has 3 heterocycles. The van der Waals surface area contributed by atoms with E-state index in [0.29, 0.717) is 11.5 Å². The minimum Gasteiger partial charge on any atom is -0.343 e. The highest BCUT2D eigenvalue weighted by atomic mass is 35.5. The zero-order valence-electron chi connectivity index (χ0n) is 20.0. The van der Waals surface area contributed by atoms with Crippen molar-refractivity contribution in [1.29, 1.82) is 0 Å². The van der Waals surface area contributed by atoms with E-state index < -0.39 is 23.4 Å². The molecule has 3 aromatic heterocycles. The van der Waals surface area contributed by atoms with Crippen molar-refractivity contribution in [3.05, 3.63) is 119 Å². The molecule has 2 aromatic carbocycles. The van der Waals surface area contributed by atoms with Crippen molar-refractivity contribution in [2.45, 2.75) is 6.54 Å². The molecule has 5 aromatic rings. The van der Waals surface area contributed by atoms with Gasteiger partial charge in [0, 0.05) is 30.2 Å². The van der Waals surface area contributed by atoms with Gasteiger partial charge >= 0.3 is 0 Å². The number of carbonyl (C=O) groups is 2. The van der Waals surface area contributed by atoms with Crippen LogP contribution in [0.2, 0.25) is 5.02 Å². The standard InChI is InChI=1S/C27H18ClF2N7O2/c28-19-13-21(30)18(25-20(29)8-4-9-33-25)12-17(19)26(38)35-24-14-22(36-37(24)16-6-2-1-3-7-16)27(39)34-15-23-31-10-5-11-32-23/h1-14H,15H2,(H,34,39)(H,35,38). The van der Waals surface area contributed by atoms with E-state index in [-0.39, 0.29) is 39.9 Å². The maximum absolute atomic E-state index is 14.7. The number of hydrogen-bond acceptors (Lipinski definition) is 6. The van der Waals surface area contributed by atoms with Crippen molar-refractivity contribution in [2.75, 3.05) is 5.32 Å². The van der Waals surface area contributed by atoms with Crippen LogP contribution >= 0.6 is 11.6 Å². The maximum Gasteiger partial charge on any atom is 0.272 e. The molecule has 39 heavy (non-hydrogen) atoms. The van der Waals surface area contributed by atoms with Crippen molar-refractivity contribution in [3.8, 4) is 16.9 Å². The lowest BCUT2D eigenvalue weighted by Crippen LogP contribution is -2.24. The van der Waals surface area contributed by atoms with Gasteiger partial charge in [0.15, 0.2) is 5.69 Å². The van der Waals surface area contributed by atoms with Gasteiger partial charge in [-0.15, -0.1) is 0 Å². The fourth-order valence-electron chi connectivity index (χ4n) is 3.69. The summed E-state index contributed by atoms with van der Waals surface area (Å²) in [6.45, 7) is 0.0671. The van der Waals surface area contributed by atoms with Crippen LogP contribution in [-0.4, -0.2) is 36.5 Å². The van der Waals surface area contributed by atoms with E-state index in [1.54, 1.807) is 48.8 Å². The predicted molar refractivity (Wildman–Crippen MR) is 139 cm³/mol. The summed E-state index contributed by atoms with van der Waals surface area (Å²) in [4.78, 5) is 38.1. The molecule has 0 bridgehead atoms. The van der Waals surface area contributed by atoms with E-state index in [1.165, 1.54) is 23.0 Å². The molecule has 0 aliphatic carbocycles. The second kappa shape index (κ2) is 11.2. The van der Waals surface area contributed by atoms with Crippen LogP contribution in [0.3, 0.4) is 0 Å². The molecule has 0 fully saturated rings. The van der Waals surface area contributed by atoms with Crippen LogP contribution in [0.5, 0.6) is 0 Å². The molecule has 0 radical (unpaired) electrons. The fourth-order valence-corrected chi connectivity index (χ4v) is 3.93. The second-order valence-electron chi connectivity index (χ2n) is 8.11. The minimum atomic E-state index is -0.843. The summed E-state index contributed by atoms with van der Waals surface area (Å²) in [5, 5.41) is 9.50. The number of halogens is 3. The number of carbonyl (C=O) groups excluding carboxylic acids is 2. The van der Waals surface area contributed by atoms with Crippen molar-refractivity contribution in [3.63, 3.8) is 0 Å². The maximum atomic E-state index is 14.7. The number of rotatable bonds is 7. The molecule has 194 valence electrons. The molecule has 2 N–H and O–H groups in total. The second-order valence-corrected chi connectivity index (χ2v) is 8.52. The summed E-state index contributed by atoms with van der Waals surface area (Å²) in [6.07, 6.45) is 4.42. The fraction of sp³-hybridized carbons (Fsp3) is 0.0370. The molecular weight excluding hydrogens is 528 g/mol. The Kier molecular flexibility index (Phi) is 7.32. The molecule has 0 aliphatic rings. The number of para-hydroxylation sites is 1. The third-order valence-electron chi connectivity index (χ3n) is 5.53. The first-order valence-corrected chi connectivity index (χ1v) is 11.9. The number of benzene rings is 2. The van der Waals surface area contributed by atoms with Crippen LogP contribution in [-0.2, 0) is 6.54 Å².